The summed E-state index contributed by atoms with van der Waals surface area (Å²) in [6.45, 7) is 2.90. The Morgan fingerprint density at radius 3 is 2.67 bits per heavy atom. The van der Waals surface area contributed by atoms with Crippen molar-refractivity contribution in [1.29, 1.82) is 0 Å². The van der Waals surface area contributed by atoms with Gasteiger partial charge in [-0.1, -0.05) is 13.3 Å². The van der Waals surface area contributed by atoms with Crippen LogP contribution in [0, 0.1) is 0 Å². The highest BCUT2D eigenvalue weighted by Gasteiger charge is 2.00. The van der Waals surface area contributed by atoms with Crippen molar-refractivity contribution < 1.29 is 9.53 Å². The lowest BCUT2D eigenvalue weighted by Gasteiger charge is -2.11. The number of carbonyl (C=O) groups excluding carboxylic acids is 1. The van der Waals surface area contributed by atoms with Gasteiger partial charge in [0.25, 0.3) is 5.91 Å². The van der Waals surface area contributed by atoms with Crippen LogP contribution in [0.2, 0.25) is 0 Å². The summed E-state index contributed by atoms with van der Waals surface area (Å²) in [4.78, 5) is 10.9. The second kappa shape index (κ2) is 7.06. The fourth-order valence-corrected chi connectivity index (χ4v) is 0.693. The SMILES string of the molecule is CCCCOCC(=O)NN(C)C. The predicted octanol–water partition coefficient (Wildman–Crippen LogP) is 0.396. The molecule has 1 N–H and O–H groups in total. The van der Waals surface area contributed by atoms with Crippen LogP contribution < -0.4 is 5.43 Å². The first kappa shape index (κ1) is 11.4. The van der Waals surface area contributed by atoms with Gasteiger partial charge in [-0.15, -0.1) is 0 Å². The lowest BCUT2D eigenvalue weighted by Crippen LogP contribution is -2.38. The second-order valence-electron chi connectivity index (χ2n) is 2.84. The second-order valence-corrected chi connectivity index (χ2v) is 2.84. The topological polar surface area (TPSA) is 41.6 Å². The minimum Gasteiger partial charge on any atom is -0.372 e. The molecule has 0 fully saturated rings. The minimum atomic E-state index is -0.101. The van der Waals surface area contributed by atoms with Gasteiger partial charge in [0.15, 0.2) is 0 Å². The van der Waals surface area contributed by atoms with Crippen molar-refractivity contribution in [3.05, 3.63) is 0 Å². The molecule has 0 saturated carbocycles. The molecule has 0 rings (SSSR count). The number of unbranched alkanes of at least 4 members (excludes halogenated alkanes) is 1. The van der Waals surface area contributed by atoms with Crippen molar-refractivity contribution in [2.45, 2.75) is 19.8 Å². The number of hydrogen-bond acceptors (Lipinski definition) is 3. The monoisotopic (exact) mass is 174 g/mol. The summed E-state index contributed by atoms with van der Waals surface area (Å²) < 4.78 is 5.10. The van der Waals surface area contributed by atoms with E-state index in [1.165, 1.54) is 0 Å². The van der Waals surface area contributed by atoms with E-state index in [9.17, 15) is 4.79 Å². The maximum Gasteiger partial charge on any atom is 0.260 e. The van der Waals surface area contributed by atoms with Gasteiger partial charge in [-0.2, -0.15) is 0 Å². The Kier molecular flexibility index (Phi) is 6.70. The Morgan fingerprint density at radius 1 is 1.50 bits per heavy atom. The molecule has 0 aromatic carbocycles. The minimum absolute atomic E-state index is 0.101. The van der Waals surface area contributed by atoms with Crippen LogP contribution in [-0.2, 0) is 9.53 Å². The summed E-state index contributed by atoms with van der Waals surface area (Å²) in [5.41, 5.74) is 2.59. The Bertz CT molecular complexity index is 126. The Labute approximate surface area is 73.8 Å². The van der Waals surface area contributed by atoms with Crippen LogP contribution in [0.4, 0.5) is 0 Å². The van der Waals surface area contributed by atoms with Crippen molar-refractivity contribution in [2.24, 2.45) is 0 Å². The number of nitrogens with one attached hydrogen (secondary N) is 1. The largest absolute Gasteiger partial charge is 0.372 e. The molecule has 1 amide bonds. The number of carbonyl (C=O) groups is 1. The van der Waals surface area contributed by atoms with Gasteiger partial charge in [-0.3, -0.25) is 10.2 Å². The summed E-state index contributed by atoms with van der Waals surface area (Å²) in [5, 5.41) is 1.60. The van der Waals surface area contributed by atoms with Crippen LogP contribution in [-0.4, -0.2) is 38.2 Å². The van der Waals surface area contributed by atoms with E-state index in [1.54, 1.807) is 19.1 Å². The average Bonchev–Trinajstić information content (AvgIpc) is 1.97. The van der Waals surface area contributed by atoms with Crippen molar-refractivity contribution in [1.82, 2.24) is 10.4 Å². The first-order valence-corrected chi connectivity index (χ1v) is 4.21. The Morgan fingerprint density at radius 2 is 2.17 bits per heavy atom. The Balaban J connectivity index is 3.20. The number of rotatable bonds is 6. The standard InChI is InChI=1S/C8H18N2O2/c1-4-5-6-12-7-8(11)9-10(2)3/h4-7H2,1-3H3,(H,9,11). The summed E-state index contributed by atoms with van der Waals surface area (Å²) in [7, 11) is 3.54. The van der Waals surface area contributed by atoms with Gasteiger partial charge in [-0.25, -0.2) is 5.01 Å². The predicted molar refractivity (Wildman–Crippen MR) is 47.6 cm³/mol. The van der Waals surface area contributed by atoms with Crippen molar-refractivity contribution in [2.75, 3.05) is 27.3 Å². The molecule has 0 heterocycles. The summed E-state index contributed by atoms with van der Waals surface area (Å²) in [6, 6.07) is 0. The molecule has 4 nitrogen and oxygen atoms in total. The van der Waals surface area contributed by atoms with Crippen LogP contribution in [0.15, 0.2) is 0 Å². The van der Waals surface area contributed by atoms with E-state index in [2.05, 4.69) is 12.3 Å². The smallest absolute Gasteiger partial charge is 0.260 e. The zero-order chi connectivity index (χ0) is 9.40. The third-order valence-electron chi connectivity index (χ3n) is 1.22. The van der Waals surface area contributed by atoms with Crippen LogP contribution >= 0.6 is 0 Å². The Hall–Kier alpha value is -0.610. The lowest BCUT2D eigenvalue weighted by atomic mass is 10.4. The van der Waals surface area contributed by atoms with Crippen LogP contribution in [0.25, 0.3) is 0 Å². The van der Waals surface area contributed by atoms with Gasteiger partial charge >= 0.3 is 0 Å². The zero-order valence-corrected chi connectivity index (χ0v) is 8.09. The molecule has 0 unspecified atom stereocenters. The van der Waals surface area contributed by atoms with E-state index in [0.29, 0.717) is 6.61 Å². The molecule has 0 aliphatic carbocycles. The van der Waals surface area contributed by atoms with Gasteiger partial charge in [0, 0.05) is 20.7 Å². The fraction of sp³-hybridized carbons (Fsp3) is 0.875. The van der Waals surface area contributed by atoms with Crippen LogP contribution in [0.1, 0.15) is 19.8 Å². The quantitative estimate of drug-likeness (QED) is 0.468. The van der Waals surface area contributed by atoms with E-state index >= 15 is 0 Å². The number of nitrogens with zero attached hydrogens (tertiary/aromatic N) is 1. The highest BCUT2D eigenvalue weighted by atomic mass is 16.5. The van der Waals surface area contributed by atoms with Crippen LogP contribution in [0.3, 0.4) is 0 Å². The number of hydrogen-bond donors (Lipinski definition) is 1. The third kappa shape index (κ3) is 7.50. The summed E-state index contributed by atoms with van der Waals surface area (Å²) >= 11 is 0. The normalized spacial score (nSPS) is 10.3. The van der Waals surface area contributed by atoms with Crippen molar-refractivity contribution >= 4 is 5.91 Å². The average molecular weight is 174 g/mol. The van der Waals surface area contributed by atoms with E-state index in [1.807, 2.05) is 0 Å². The van der Waals surface area contributed by atoms with Crippen LogP contribution in [0.5, 0.6) is 0 Å². The van der Waals surface area contributed by atoms with Gasteiger partial charge in [0.1, 0.15) is 6.61 Å². The maximum atomic E-state index is 10.9. The molecular formula is C8H18N2O2. The molecule has 0 aromatic heterocycles. The fourth-order valence-electron chi connectivity index (χ4n) is 0.693. The van der Waals surface area contributed by atoms with E-state index in [4.69, 9.17) is 4.74 Å². The highest BCUT2D eigenvalue weighted by Crippen LogP contribution is 1.87. The molecular weight excluding hydrogens is 156 g/mol. The first-order chi connectivity index (χ1) is 5.66. The zero-order valence-electron chi connectivity index (χ0n) is 8.09. The summed E-state index contributed by atoms with van der Waals surface area (Å²) in [6.07, 6.45) is 2.10. The number of amides is 1. The molecule has 0 atom stereocenters. The molecule has 0 aromatic rings. The van der Waals surface area contributed by atoms with Gasteiger partial charge in [0.05, 0.1) is 0 Å². The first-order valence-electron chi connectivity index (χ1n) is 4.21. The molecule has 0 saturated heterocycles. The van der Waals surface area contributed by atoms with Gasteiger partial charge in [0.2, 0.25) is 0 Å². The third-order valence-corrected chi connectivity index (χ3v) is 1.22. The lowest BCUT2D eigenvalue weighted by molar-refractivity contribution is -0.129. The molecule has 0 aliphatic rings. The van der Waals surface area contributed by atoms with Gasteiger partial charge < -0.3 is 4.74 Å². The van der Waals surface area contributed by atoms with Crippen molar-refractivity contribution in [3.63, 3.8) is 0 Å². The van der Waals surface area contributed by atoms with Gasteiger partial charge in [-0.05, 0) is 6.42 Å². The van der Waals surface area contributed by atoms with E-state index in [-0.39, 0.29) is 12.5 Å². The molecule has 0 bridgehead atoms. The molecule has 72 valence electrons. The molecule has 0 radical (unpaired) electrons. The van der Waals surface area contributed by atoms with Crippen molar-refractivity contribution in [3.8, 4) is 0 Å². The molecule has 12 heavy (non-hydrogen) atoms. The number of hydrazine groups is 1. The molecule has 0 aliphatic heterocycles. The van der Waals surface area contributed by atoms with E-state index < -0.39 is 0 Å². The molecule has 4 heteroatoms. The van der Waals surface area contributed by atoms with E-state index in [0.717, 1.165) is 12.8 Å². The summed E-state index contributed by atoms with van der Waals surface area (Å²) in [5.74, 6) is -0.101. The number of ether oxygens (including phenoxy) is 1. The maximum absolute atomic E-state index is 10.9. The highest BCUT2D eigenvalue weighted by molar-refractivity contribution is 5.76. The molecule has 0 spiro atoms.